The maximum atomic E-state index is 12.6. The third kappa shape index (κ3) is 4.47. The van der Waals surface area contributed by atoms with Crippen molar-refractivity contribution in [3.8, 4) is 5.75 Å². The lowest BCUT2D eigenvalue weighted by atomic mass is 10.0. The molecule has 1 amide bonds. The fourth-order valence-electron chi connectivity index (χ4n) is 3.12. The summed E-state index contributed by atoms with van der Waals surface area (Å²) in [6.07, 6.45) is 1.19. The molecule has 1 aliphatic rings. The van der Waals surface area contributed by atoms with E-state index in [1.165, 1.54) is 0 Å². The third-order valence-corrected chi connectivity index (χ3v) is 6.20. The van der Waals surface area contributed by atoms with E-state index >= 15 is 0 Å². The average Bonchev–Trinajstić information content (AvgIpc) is 2.89. The number of ether oxygens (including phenoxy) is 1. The number of methoxy groups -OCH3 is 1. The zero-order valence-corrected chi connectivity index (χ0v) is 14.8. The molecule has 0 radical (unpaired) electrons. The lowest BCUT2D eigenvalue weighted by molar-refractivity contribution is -0.136. The lowest BCUT2D eigenvalue weighted by Crippen LogP contribution is -2.43. The molecule has 1 heterocycles. The Kier molecular flexibility index (Phi) is 5.68. The number of carbonyl (C=O) groups excluding carboxylic acids is 1. The van der Waals surface area contributed by atoms with Crippen LogP contribution in [0.2, 0.25) is 0 Å². The Morgan fingerprint density at radius 2 is 2.00 bits per heavy atom. The van der Waals surface area contributed by atoms with Crippen molar-refractivity contribution in [3.63, 3.8) is 0 Å². The van der Waals surface area contributed by atoms with E-state index < -0.39 is 9.84 Å². The predicted octanol–water partition coefficient (Wildman–Crippen LogP) is 1.91. The highest BCUT2D eigenvalue weighted by atomic mass is 32.2. The second-order valence-corrected chi connectivity index (χ2v) is 8.35. The molecule has 23 heavy (non-hydrogen) atoms. The van der Waals surface area contributed by atoms with Crippen LogP contribution in [0.5, 0.6) is 5.75 Å². The summed E-state index contributed by atoms with van der Waals surface area (Å²) in [7, 11) is -1.41. The van der Waals surface area contributed by atoms with Gasteiger partial charge in [0.25, 0.3) is 0 Å². The molecule has 5 nitrogen and oxygen atoms in total. The van der Waals surface area contributed by atoms with Gasteiger partial charge in [0.1, 0.15) is 5.75 Å². The van der Waals surface area contributed by atoms with Crippen molar-refractivity contribution in [2.24, 2.45) is 5.92 Å². The molecule has 0 unspecified atom stereocenters. The zero-order chi connectivity index (χ0) is 17.0. The Balaban J connectivity index is 2.02. The minimum absolute atomic E-state index is 0.00239. The van der Waals surface area contributed by atoms with Gasteiger partial charge in [-0.05, 0) is 44.4 Å². The zero-order valence-electron chi connectivity index (χ0n) is 14.0. The Hall–Kier alpha value is -1.56. The fourth-order valence-corrected chi connectivity index (χ4v) is 4.85. The summed E-state index contributed by atoms with van der Waals surface area (Å²) in [5.74, 6) is 0.527. The molecule has 1 aromatic rings. The number of benzene rings is 1. The minimum Gasteiger partial charge on any atom is -0.497 e. The SMILES string of the molecule is CCN(C(=O)[C@@H]1CCS(=O)(=O)C1)[C@H](C)Cc1ccc(OC)cc1. The molecule has 1 aliphatic heterocycles. The second kappa shape index (κ2) is 7.34. The molecule has 0 saturated carbocycles. The van der Waals surface area contributed by atoms with Crippen LogP contribution in [-0.4, -0.2) is 50.4 Å². The molecule has 0 N–H and O–H groups in total. The normalized spacial score (nSPS) is 20.9. The lowest BCUT2D eigenvalue weighted by Gasteiger charge is -2.30. The van der Waals surface area contributed by atoms with E-state index in [1.807, 2.05) is 38.1 Å². The first kappa shape index (κ1) is 17.8. The molecule has 0 aliphatic carbocycles. The summed E-state index contributed by atoms with van der Waals surface area (Å²) >= 11 is 0. The number of amides is 1. The summed E-state index contributed by atoms with van der Waals surface area (Å²) in [6.45, 7) is 4.54. The van der Waals surface area contributed by atoms with Crippen LogP contribution in [0, 0.1) is 5.92 Å². The highest BCUT2D eigenvalue weighted by molar-refractivity contribution is 7.91. The van der Waals surface area contributed by atoms with Crippen LogP contribution >= 0.6 is 0 Å². The first-order valence-corrected chi connectivity index (χ1v) is 9.82. The quantitative estimate of drug-likeness (QED) is 0.794. The average molecular weight is 339 g/mol. The van der Waals surface area contributed by atoms with Gasteiger partial charge in [-0.3, -0.25) is 4.79 Å². The molecule has 1 fully saturated rings. The van der Waals surface area contributed by atoms with Crippen LogP contribution in [0.4, 0.5) is 0 Å². The van der Waals surface area contributed by atoms with Gasteiger partial charge in [0, 0.05) is 12.6 Å². The van der Waals surface area contributed by atoms with Gasteiger partial charge < -0.3 is 9.64 Å². The van der Waals surface area contributed by atoms with Crippen molar-refractivity contribution in [1.82, 2.24) is 4.90 Å². The number of rotatable bonds is 6. The Morgan fingerprint density at radius 3 is 2.48 bits per heavy atom. The Bertz CT molecular complexity index is 639. The van der Waals surface area contributed by atoms with E-state index in [2.05, 4.69) is 0 Å². The Morgan fingerprint density at radius 1 is 1.35 bits per heavy atom. The molecule has 0 bridgehead atoms. The van der Waals surface area contributed by atoms with Gasteiger partial charge in [-0.2, -0.15) is 0 Å². The molecule has 0 spiro atoms. The van der Waals surface area contributed by atoms with Crippen LogP contribution in [0.15, 0.2) is 24.3 Å². The summed E-state index contributed by atoms with van der Waals surface area (Å²) in [5, 5.41) is 0. The Labute approximate surface area is 138 Å². The highest BCUT2D eigenvalue weighted by Crippen LogP contribution is 2.23. The van der Waals surface area contributed by atoms with E-state index in [9.17, 15) is 13.2 Å². The number of carbonyl (C=O) groups is 1. The van der Waals surface area contributed by atoms with Gasteiger partial charge in [-0.15, -0.1) is 0 Å². The first-order chi connectivity index (χ1) is 10.9. The molecule has 6 heteroatoms. The highest BCUT2D eigenvalue weighted by Gasteiger charge is 2.36. The van der Waals surface area contributed by atoms with Crippen molar-refractivity contribution < 1.29 is 17.9 Å². The van der Waals surface area contributed by atoms with Crippen LogP contribution < -0.4 is 4.74 Å². The molecule has 0 aromatic heterocycles. The molecule has 1 aromatic carbocycles. The number of sulfone groups is 1. The summed E-state index contributed by atoms with van der Waals surface area (Å²) in [4.78, 5) is 14.4. The van der Waals surface area contributed by atoms with Crippen molar-refractivity contribution in [3.05, 3.63) is 29.8 Å². The van der Waals surface area contributed by atoms with Crippen molar-refractivity contribution in [2.45, 2.75) is 32.7 Å². The number of hydrogen-bond donors (Lipinski definition) is 0. The van der Waals surface area contributed by atoms with E-state index in [0.717, 1.165) is 17.7 Å². The van der Waals surface area contributed by atoms with E-state index in [4.69, 9.17) is 4.74 Å². The summed E-state index contributed by atoms with van der Waals surface area (Å²) in [5.41, 5.74) is 1.13. The predicted molar refractivity (Wildman–Crippen MR) is 90.3 cm³/mol. The molecular formula is C17H25NO4S. The topological polar surface area (TPSA) is 63.7 Å². The maximum Gasteiger partial charge on any atom is 0.226 e. The smallest absolute Gasteiger partial charge is 0.226 e. The van der Waals surface area contributed by atoms with E-state index in [0.29, 0.717) is 13.0 Å². The number of likely N-dealkylation sites (N-methyl/N-ethyl adjacent to an activating group) is 1. The number of nitrogens with zero attached hydrogens (tertiary/aromatic N) is 1. The van der Waals surface area contributed by atoms with Crippen LogP contribution in [-0.2, 0) is 21.1 Å². The number of hydrogen-bond acceptors (Lipinski definition) is 4. The maximum absolute atomic E-state index is 12.6. The molecule has 2 rings (SSSR count). The third-order valence-electron chi connectivity index (χ3n) is 4.43. The molecule has 128 valence electrons. The van der Waals surface area contributed by atoms with Crippen LogP contribution in [0.3, 0.4) is 0 Å². The van der Waals surface area contributed by atoms with Crippen molar-refractivity contribution >= 4 is 15.7 Å². The van der Waals surface area contributed by atoms with Gasteiger partial charge in [-0.25, -0.2) is 8.42 Å². The standard InChI is InChI=1S/C17H25NO4S/c1-4-18(17(19)15-9-10-23(20,21)12-15)13(2)11-14-5-7-16(22-3)8-6-14/h5-8,13,15H,4,9-12H2,1-3H3/t13-,15-/m1/s1. The van der Waals surface area contributed by atoms with Gasteiger partial charge in [0.15, 0.2) is 9.84 Å². The molecule has 2 atom stereocenters. The second-order valence-electron chi connectivity index (χ2n) is 6.13. The summed E-state index contributed by atoms with van der Waals surface area (Å²) < 4.78 is 28.3. The van der Waals surface area contributed by atoms with Crippen molar-refractivity contribution in [1.29, 1.82) is 0 Å². The largest absolute Gasteiger partial charge is 0.497 e. The van der Waals surface area contributed by atoms with Gasteiger partial charge >= 0.3 is 0 Å². The monoisotopic (exact) mass is 339 g/mol. The fraction of sp³-hybridized carbons (Fsp3) is 0.588. The molecule has 1 saturated heterocycles. The van der Waals surface area contributed by atoms with E-state index in [1.54, 1.807) is 12.0 Å². The van der Waals surface area contributed by atoms with Crippen molar-refractivity contribution in [2.75, 3.05) is 25.2 Å². The van der Waals surface area contributed by atoms with Crippen LogP contribution in [0.1, 0.15) is 25.8 Å². The summed E-state index contributed by atoms with van der Waals surface area (Å²) in [6, 6.07) is 7.83. The first-order valence-electron chi connectivity index (χ1n) is 8.00. The minimum atomic E-state index is -3.04. The van der Waals surface area contributed by atoms with E-state index in [-0.39, 0.29) is 29.4 Å². The van der Waals surface area contributed by atoms with Gasteiger partial charge in [0.2, 0.25) is 5.91 Å². The van der Waals surface area contributed by atoms with Gasteiger partial charge in [0.05, 0.1) is 24.5 Å². The molecular weight excluding hydrogens is 314 g/mol. The van der Waals surface area contributed by atoms with Gasteiger partial charge in [-0.1, -0.05) is 12.1 Å². The van der Waals surface area contributed by atoms with Crippen LogP contribution in [0.25, 0.3) is 0 Å².